The van der Waals surface area contributed by atoms with Crippen molar-refractivity contribution in [2.75, 3.05) is 0 Å². The van der Waals surface area contributed by atoms with Crippen LogP contribution in [-0.4, -0.2) is 27.3 Å². The number of hydrogen-bond acceptors (Lipinski definition) is 3. The molecule has 8 heteroatoms. The lowest BCUT2D eigenvalue weighted by Gasteiger charge is -2.12. The van der Waals surface area contributed by atoms with E-state index >= 15 is 0 Å². The molecule has 3 aromatic rings. The minimum atomic E-state index is -0.512. The molecule has 1 fully saturated rings. The number of nitrogens with two attached hydrogens (primary N) is 1. The average Bonchev–Trinajstić information content (AvgIpc) is 3.15. The van der Waals surface area contributed by atoms with Gasteiger partial charge in [0.2, 0.25) is 5.91 Å². The molecule has 0 saturated carbocycles. The minimum Gasteiger partial charge on any atom is -0.368 e. The van der Waals surface area contributed by atoms with Gasteiger partial charge in [-0.25, -0.2) is 4.79 Å². The van der Waals surface area contributed by atoms with E-state index in [-0.39, 0.29) is 18.8 Å². The van der Waals surface area contributed by atoms with Crippen LogP contribution in [-0.2, 0) is 22.7 Å². The molecule has 4 amide bonds. The van der Waals surface area contributed by atoms with Gasteiger partial charge >= 0.3 is 6.03 Å². The summed E-state index contributed by atoms with van der Waals surface area (Å²) < 4.78 is 1.72. The normalized spacial score (nSPS) is 15.3. The van der Waals surface area contributed by atoms with Gasteiger partial charge in [0.05, 0.1) is 6.54 Å². The van der Waals surface area contributed by atoms with E-state index in [0.717, 1.165) is 15.8 Å². The summed E-state index contributed by atoms with van der Waals surface area (Å²) in [5, 5.41) is 3.94. The maximum absolute atomic E-state index is 12.8. The van der Waals surface area contributed by atoms with Gasteiger partial charge in [-0.15, -0.1) is 0 Å². The molecule has 29 heavy (non-hydrogen) atoms. The van der Waals surface area contributed by atoms with Gasteiger partial charge in [0, 0.05) is 27.7 Å². The van der Waals surface area contributed by atoms with Crippen molar-refractivity contribution < 1.29 is 14.4 Å². The molecule has 2 aromatic carbocycles. The number of nitrogens with zero attached hydrogens (tertiary/aromatic N) is 2. The smallest absolute Gasteiger partial charge is 0.329 e. The van der Waals surface area contributed by atoms with Gasteiger partial charge in [-0.2, -0.15) is 0 Å². The van der Waals surface area contributed by atoms with Crippen LogP contribution in [0.5, 0.6) is 0 Å². The molecule has 0 radical (unpaired) electrons. The molecule has 1 aliphatic heterocycles. The first-order valence-electron chi connectivity index (χ1n) is 8.88. The Morgan fingerprint density at radius 2 is 1.83 bits per heavy atom. The summed E-state index contributed by atoms with van der Waals surface area (Å²) >= 11 is 6.15. The SMILES string of the molecule is NC(=O)Cn1cc(C=C2NC(=O)N(Cc3ccccc3Cl)C2=O)c2ccccc21. The molecule has 0 aliphatic carbocycles. The third kappa shape index (κ3) is 3.60. The Bertz CT molecular complexity index is 1180. The number of para-hydroxylation sites is 1. The number of benzene rings is 2. The summed E-state index contributed by atoms with van der Waals surface area (Å²) in [5.74, 6) is -0.914. The van der Waals surface area contributed by atoms with Crippen molar-refractivity contribution in [1.82, 2.24) is 14.8 Å². The average molecular weight is 409 g/mol. The topological polar surface area (TPSA) is 97.4 Å². The summed E-state index contributed by atoms with van der Waals surface area (Å²) in [6.45, 7) is 0.0910. The van der Waals surface area contributed by atoms with Gasteiger partial charge in [0.25, 0.3) is 5.91 Å². The van der Waals surface area contributed by atoms with Gasteiger partial charge < -0.3 is 15.6 Å². The molecule has 0 spiro atoms. The highest BCUT2D eigenvalue weighted by Crippen LogP contribution is 2.26. The van der Waals surface area contributed by atoms with Crippen LogP contribution < -0.4 is 11.1 Å². The number of carbonyl (C=O) groups excluding carboxylic acids is 3. The number of hydrogen-bond donors (Lipinski definition) is 2. The van der Waals surface area contributed by atoms with E-state index in [2.05, 4.69) is 5.32 Å². The van der Waals surface area contributed by atoms with Crippen LogP contribution in [0, 0.1) is 0 Å². The van der Waals surface area contributed by atoms with Crippen LogP contribution in [0.15, 0.2) is 60.4 Å². The van der Waals surface area contributed by atoms with E-state index in [4.69, 9.17) is 17.3 Å². The van der Waals surface area contributed by atoms with E-state index < -0.39 is 17.8 Å². The van der Waals surface area contributed by atoms with Crippen LogP contribution in [0.4, 0.5) is 4.79 Å². The van der Waals surface area contributed by atoms with Crippen molar-refractivity contribution in [2.24, 2.45) is 5.73 Å². The van der Waals surface area contributed by atoms with Crippen molar-refractivity contribution in [3.8, 4) is 0 Å². The van der Waals surface area contributed by atoms with Gasteiger partial charge in [-0.05, 0) is 23.8 Å². The van der Waals surface area contributed by atoms with Gasteiger partial charge in [-0.3, -0.25) is 14.5 Å². The summed E-state index contributed by atoms with van der Waals surface area (Å²) in [4.78, 5) is 37.6. The maximum atomic E-state index is 12.8. The highest BCUT2D eigenvalue weighted by atomic mass is 35.5. The standard InChI is InChI=1S/C21H17ClN4O3/c22-16-7-3-1-5-13(16)11-26-20(28)17(24-21(26)29)9-14-10-25(12-19(23)27)18-8-4-2-6-15(14)18/h1-10H,11-12H2,(H2,23,27)(H,24,29). The van der Waals surface area contributed by atoms with Gasteiger partial charge in [-0.1, -0.05) is 48.0 Å². The molecular formula is C21H17ClN4O3. The molecule has 1 aromatic heterocycles. The molecular weight excluding hydrogens is 392 g/mol. The lowest BCUT2D eigenvalue weighted by molar-refractivity contribution is -0.123. The fraction of sp³-hybridized carbons (Fsp3) is 0.0952. The number of primary amides is 1. The Hall–Kier alpha value is -3.58. The number of halogens is 1. The number of fused-ring (bicyclic) bond motifs is 1. The molecule has 146 valence electrons. The first-order chi connectivity index (χ1) is 13.9. The Balaban J connectivity index is 1.67. The Morgan fingerprint density at radius 1 is 1.10 bits per heavy atom. The lowest BCUT2D eigenvalue weighted by atomic mass is 10.1. The van der Waals surface area contributed by atoms with E-state index in [1.165, 1.54) is 0 Å². The van der Waals surface area contributed by atoms with Crippen LogP contribution >= 0.6 is 11.6 Å². The fourth-order valence-corrected chi connectivity index (χ4v) is 3.55. The molecule has 1 saturated heterocycles. The first-order valence-corrected chi connectivity index (χ1v) is 9.26. The first kappa shape index (κ1) is 18.8. The fourth-order valence-electron chi connectivity index (χ4n) is 3.36. The summed E-state index contributed by atoms with van der Waals surface area (Å²) in [6.07, 6.45) is 3.34. The summed E-state index contributed by atoms with van der Waals surface area (Å²) in [6, 6.07) is 14.0. The maximum Gasteiger partial charge on any atom is 0.329 e. The van der Waals surface area contributed by atoms with Crippen molar-refractivity contribution in [1.29, 1.82) is 0 Å². The van der Waals surface area contributed by atoms with Gasteiger partial charge in [0.15, 0.2) is 0 Å². The molecule has 0 unspecified atom stereocenters. The minimum absolute atomic E-state index is 0.0165. The molecule has 0 atom stereocenters. The highest BCUT2D eigenvalue weighted by Gasteiger charge is 2.34. The number of amides is 4. The van der Waals surface area contributed by atoms with Crippen LogP contribution in [0.1, 0.15) is 11.1 Å². The van der Waals surface area contributed by atoms with Crippen molar-refractivity contribution in [3.05, 3.63) is 76.6 Å². The molecule has 0 bridgehead atoms. The second kappa shape index (κ2) is 7.44. The molecule has 2 heterocycles. The zero-order valence-corrected chi connectivity index (χ0v) is 16.0. The second-order valence-corrected chi connectivity index (χ2v) is 7.07. The highest BCUT2D eigenvalue weighted by molar-refractivity contribution is 6.31. The Labute approximate surface area is 171 Å². The number of urea groups is 1. The second-order valence-electron chi connectivity index (χ2n) is 6.67. The number of rotatable bonds is 5. The molecule has 1 aliphatic rings. The third-order valence-corrected chi connectivity index (χ3v) is 5.06. The van der Waals surface area contributed by atoms with Crippen LogP contribution in [0.2, 0.25) is 5.02 Å². The van der Waals surface area contributed by atoms with Crippen LogP contribution in [0.3, 0.4) is 0 Å². The van der Waals surface area contributed by atoms with Crippen molar-refractivity contribution >= 4 is 46.4 Å². The quantitative estimate of drug-likeness (QED) is 0.501. The Morgan fingerprint density at radius 3 is 2.59 bits per heavy atom. The predicted octanol–water partition coefficient (Wildman–Crippen LogP) is 2.87. The van der Waals surface area contributed by atoms with Crippen LogP contribution in [0.25, 0.3) is 17.0 Å². The number of carbonyl (C=O) groups is 3. The summed E-state index contributed by atoms with van der Waals surface area (Å²) in [7, 11) is 0. The van der Waals surface area contributed by atoms with Gasteiger partial charge in [0.1, 0.15) is 12.2 Å². The molecule has 3 N–H and O–H groups in total. The van der Waals surface area contributed by atoms with E-state index in [9.17, 15) is 14.4 Å². The largest absolute Gasteiger partial charge is 0.368 e. The van der Waals surface area contributed by atoms with E-state index in [0.29, 0.717) is 16.1 Å². The Kier molecular flexibility index (Phi) is 4.82. The number of aromatic nitrogens is 1. The van der Waals surface area contributed by atoms with Crippen molar-refractivity contribution in [2.45, 2.75) is 13.1 Å². The zero-order chi connectivity index (χ0) is 20.5. The monoisotopic (exact) mass is 408 g/mol. The molecule has 7 nitrogen and oxygen atoms in total. The molecule has 4 rings (SSSR count). The lowest BCUT2D eigenvalue weighted by Crippen LogP contribution is -2.30. The predicted molar refractivity (Wildman–Crippen MR) is 110 cm³/mol. The van der Waals surface area contributed by atoms with Crippen molar-refractivity contribution in [3.63, 3.8) is 0 Å². The number of nitrogens with one attached hydrogen (secondary N) is 1. The zero-order valence-electron chi connectivity index (χ0n) is 15.3. The number of imide groups is 1. The van der Waals surface area contributed by atoms with E-state index in [1.807, 2.05) is 24.3 Å². The van der Waals surface area contributed by atoms with E-state index in [1.54, 1.807) is 41.1 Å². The summed E-state index contributed by atoms with van der Waals surface area (Å²) in [5.41, 5.74) is 7.67. The third-order valence-electron chi connectivity index (χ3n) is 4.69.